The number of hydrogen-bond acceptors (Lipinski definition) is 4. The number of methoxy groups -OCH3 is 1. The Hall–Kier alpha value is -0.850. The van der Waals surface area contributed by atoms with Crippen LogP contribution in [0.25, 0.3) is 0 Å². The Morgan fingerprint density at radius 1 is 1.33 bits per heavy atom. The van der Waals surface area contributed by atoms with Crippen LogP contribution in [0.3, 0.4) is 0 Å². The van der Waals surface area contributed by atoms with Crippen molar-refractivity contribution in [1.29, 1.82) is 0 Å². The van der Waals surface area contributed by atoms with Gasteiger partial charge >= 0.3 is 0 Å². The molecule has 1 unspecified atom stereocenters. The fourth-order valence-electron chi connectivity index (χ4n) is 1.73. The fraction of sp³-hybridized carbons (Fsp3) is 0.500. The van der Waals surface area contributed by atoms with Gasteiger partial charge in [-0.05, 0) is 12.6 Å². The van der Waals surface area contributed by atoms with Gasteiger partial charge in [-0.3, -0.25) is 4.79 Å². The zero-order valence-electron chi connectivity index (χ0n) is 12.5. The first-order chi connectivity index (χ1) is 9.13. The predicted molar refractivity (Wildman–Crippen MR) is 90.1 cm³/mol. The average Bonchev–Trinajstić information content (AvgIpc) is 2.40. The van der Waals surface area contributed by atoms with Crippen LogP contribution in [0.5, 0.6) is 0 Å². The Morgan fingerprint density at radius 3 is 2.52 bits per heavy atom. The number of nitrogens with two attached hydrogens (primary N) is 1. The largest absolute Gasteiger partial charge is 0.383 e. The second-order valence-corrected chi connectivity index (χ2v) is 4.58. The number of amides is 1. The highest BCUT2D eigenvalue weighted by atomic mass is 35.5. The van der Waals surface area contributed by atoms with E-state index in [0.29, 0.717) is 6.54 Å². The number of halogens is 2. The maximum atomic E-state index is 11.5. The number of carbonyl (C=O) groups excluding carboxylic acids is 1. The molecule has 7 heteroatoms. The number of ether oxygens (including phenoxy) is 1. The highest BCUT2D eigenvalue weighted by molar-refractivity contribution is 5.85. The molecule has 1 rings (SSSR count). The molecule has 0 bridgehead atoms. The smallest absolute Gasteiger partial charge is 0.239 e. The zero-order chi connectivity index (χ0) is 14.1. The van der Waals surface area contributed by atoms with Crippen LogP contribution in [-0.2, 0) is 16.1 Å². The number of carbonyl (C=O) groups is 1. The van der Waals surface area contributed by atoms with Gasteiger partial charge in [0.15, 0.2) is 0 Å². The summed E-state index contributed by atoms with van der Waals surface area (Å²) in [6.45, 7) is 2.46. The van der Waals surface area contributed by atoms with Crippen LogP contribution in [0.15, 0.2) is 30.3 Å². The molecule has 122 valence electrons. The lowest BCUT2D eigenvalue weighted by Gasteiger charge is -2.18. The van der Waals surface area contributed by atoms with Crippen molar-refractivity contribution in [3.63, 3.8) is 0 Å². The van der Waals surface area contributed by atoms with E-state index in [-0.39, 0.29) is 37.3 Å². The van der Waals surface area contributed by atoms with Crippen LogP contribution in [0.2, 0.25) is 0 Å². The van der Waals surface area contributed by atoms with E-state index in [0.717, 1.165) is 13.1 Å². The van der Waals surface area contributed by atoms with Gasteiger partial charge in [-0.1, -0.05) is 30.3 Å². The van der Waals surface area contributed by atoms with Gasteiger partial charge < -0.3 is 20.7 Å². The fourth-order valence-corrected chi connectivity index (χ4v) is 1.73. The molecule has 0 aliphatic carbocycles. The molecule has 0 aliphatic heterocycles. The molecule has 1 amide bonds. The summed E-state index contributed by atoms with van der Waals surface area (Å²) in [5.74, 6) is -0.171. The van der Waals surface area contributed by atoms with Gasteiger partial charge in [-0.2, -0.15) is 0 Å². The molecule has 0 saturated heterocycles. The summed E-state index contributed by atoms with van der Waals surface area (Å²) in [4.78, 5) is 13.7. The molecule has 1 aromatic carbocycles. The van der Waals surface area contributed by atoms with Crippen LogP contribution >= 0.6 is 24.8 Å². The summed E-state index contributed by atoms with van der Waals surface area (Å²) in [5.41, 5.74) is 6.87. The molecule has 21 heavy (non-hydrogen) atoms. The monoisotopic (exact) mass is 337 g/mol. The van der Waals surface area contributed by atoms with Gasteiger partial charge in [0.1, 0.15) is 6.04 Å². The normalized spacial score (nSPS) is 11.2. The molecule has 0 aliphatic rings. The van der Waals surface area contributed by atoms with E-state index in [2.05, 4.69) is 22.3 Å². The van der Waals surface area contributed by atoms with Crippen molar-refractivity contribution in [1.82, 2.24) is 10.2 Å². The maximum Gasteiger partial charge on any atom is 0.239 e. The Balaban J connectivity index is 0. The lowest BCUT2D eigenvalue weighted by Crippen LogP contribution is -2.45. The van der Waals surface area contributed by atoms with Gasteiger partial charge in [0.25, 0.3) is 0 Å². The van der Waals surface area contributed by atoms with Crippen molar-refractivity contribution in [3.8, 4) is 0 Å². The van der Waals surface area contributed by atoms with Crippen molar-refractivity contribution in [2.75, 3.05) is 33.9 Å². The summed E-state index contributed by atoms with van der Waals surface area (Å²) < 4.78 is 4.83. The highest BCUT2D eigenvalue weighted by Gasteiger charge is 2.12. The topological polar surface area (TPSA) is 67.6 Å². The highest BCUT2D eigenvalue weighted by Crippen LogP contribution is 2.01. The van der Waals surface area contributed by atoms with Crippen LogP contribution in [0.4, 0.5) is 0 Å². The van der Waals surface area contributed by atoms with Crippen molar-refractivity contribution in [2.45, 2.75) is 12.6 Å². The summed E-state index contributed by atoms with van der Waals surface area (Å²) in [6, 6.07) is 9.63. The van der Waals surface area contributed by atoms with E-state index in [1.807, 2.05) is 25.2 Å². The minimum absolute atomic E-state index is 0. The molecular weight excluding hydrogens is 313 g/mol. The Morgan fingerprint density at radius 2 is 1.95 bits per heavy atom. The molecule has 0 radical (unpaired) electrons. The van der Waals surface area contributed by atoms with Gasteiger partial charge in [0, 0.05) is 26.7 Å². The Labute approximate surface area is 139 Å². The molecule has 0 fully saturated rings. The predicted octanol–water partition coefficient (Wildman–Crippen LogP) is 1.05. The summed E-state index contributed by atoms with van der Waals surface area (Å²) in [7, 11) is 3.55. The quantitative estimate of drug-likeness (QED) is 0.744. The van der Waals surface area contributed by atoms with E-state index >= 15 is 0 Å². The van der Waals surface area contributed by atoms with Crippen LogP contribution in [-0.4, -0.2) is 50.7 Å². The summed E-state index contributed by atoms with van der Waals surface area (Å²) in [6.07, 6.45) is 0. The average molecular weight is 338 g/mol. The number of nitrogens with one attached hydrogen (secondary N) is 1. The second-order valence-electron chi connectivity index (χ2n) is 4.58. The summed E-state index contributed by atoms with van der Waals surface area (Å²) >= 11 is 0. The van der Waals surface area contributed by atoms with E-state index in [1.165, 1.54) is 12.7 Å². The molecule has 0 spiro atoms. The van der Waals surface area contributed by atoms with E-state index in [1.54, 1.807) is 0 Å². The van der Waals surface area contributed by atoms with E-state index in [4.69, 9.17) is 10.5 Å². The molecule has 1 aromatic rings. The lowest BCUT2D eigenvalue weighted by molar-refractivity contribution is -0.123. The molecule has 5 nitrogen and oxygen atoms in total. The van der Waals surface area contributed by atoms with Crippen molar-refractivity contribution in [3.05, 3.63) is 35.9 Å². The SMILES string of the molecule is COCC(N)C(=O)NCCN(C)Cc1ccccc1.Cl.Cl. The lowest BCUT2D eigenvalue weighted by atomic mass is 10.2. The van der Waals surface area contributed by atoms with Crippen LogP contribution < -0.4 is 11.1 Å². The van der Waals surface area contributed by atoms with E-state index in [9.17, 15) is 4.79 Å². The number of benzene rings is 1. The standard InChI is InChI=1S/C14H23N3O2.2ClH/c1-17(10-12-6-4-3-5-7-12)9-8-16-14(18)13(15)11-19-2;;/h3-7,13H,8-11,15H2,1-2H3,(H,16,18);2*1H. The number of likely N-dealkylation sites (N-methyl/N-ethyl adjacent to an activating group) is 1. The Kier molecular flexibility index (Phi) is 13.7. The van der Waals surface area contributed by atoms with Gasteiger partial charge in [0.05, 0.1) is 6.61 Å². The van der Waals surface area contributed by atoms with Gasteiger partial charge in [-0.15, -0.1) is 24.8 Å². The van der Waals surface area contributed by atoms with E-state index < -0.39 is 6.04 Å². The molecule has 3 N–H and O–H groups in total. The first-order valence-corrected chi connectivity index (χ1v) is 6.38. The molecule has 0 saturated carbocycles. The third-order valence-corrected chi connectivity index (χ3v) is 2.77. The maximum absolute atomic E-state index is 11.5. The first kappa shape index (κ1) is 22.4. The Bertz CT molecular complexity index is 380. The molecule has 0 heterocycles. The van der Waals surface area contributed by atoms with Crippen LogP contribution in [0, 0.1) is 0 Å². The zero-order valence-corrected chi connectivity index (χ0v) is 14.1. The van der Waals surface area contributed by atoms with Gasteiger partial charge in [0.2, 0.25) is 5.91 Å². The minimum Gasteiger partial charge on any atom is -0.383 e. The van der Waals surface area contributed by atoms with Crippen LogP contribution in [0.1, 0.15) is 5.56 Å². The molecular formula is C14H25Cl2N3O2. The van der Waals surface area contributed by atoms with Crippen molar-refractivity contribution < 1.29 is 9.53 Å². The number of hydrogen-bond donors (Lipinski definition) is 2. The van der Waals surface area contributed by atoms with Crippen molar-refractivity contribution in [2.24, 2.45) is 5.73 Å². The minimum atomic E-state index is -0.593. The third-order valence-electron chi connectivity index (χ3n) is 2.77. The number of nitrogens with zero attached hydrogens (tertiary/aromatic N) is 1. The van der Waals surface area contributed by atoms with Crippen molar-refractivity contribution >= 4 is 30.7 Å². The molecule has 1 atom stereocenters. The third kappa shape index (κ3) is 9.66. The molecule has 0 aromatic heterocycles. The summed E-state index contributed by atoms with van der Waals surface area (Å²) in [5, 5.41) is 2.80. The number of rotatable bonds is 8. The first-order valence-electron chi connectivity index (χ1n) is 6.38. The second kappa shape index (κ2) is 12.9. The van der Waals surface area contributed by atoms with Gasteiger partial charge in [-0.25, -0.2) is 0 Å².